The van der Waals surface area contributed by atoms with Crippen molar-refractivity contribution in [1.29, 1.82) is 0 Å². The number of nitrogens with one attached hydrogen (secondary N) is 1. The van der Waals surface area contributed by atoms with Gasteiger partial charge in [0.15, 0.2) is 0 Å². The fraction of sp³-hybridized carbons (Fsp3) is 0.462. The molecule has 0 saturated carbocycles. The number of likely N-dealkylation sites (N-methyl/N-ethyl adjacent to an activating group) is 1. The molecular weight excluding hydrogens is 460 g/mol. The van der Waals surface area contributed by atoms with Gasteiger partial charge in [-0.15, -0.1) is 11.3 Å². The molecular formula is C26H32N6O2S. The Labute approximate surface area is 208 Å². The summed E-state index contributed by atoms with van der Waals surface area (Å²) >= 11 is 1.30. The van der Waals surface area contributed by atoms with Crippen LogP contribution < -0.4 is 10.9 Å². The standard InChI is InChI=1S/C26H32N6O2S/c1-4-30(5-2)15-16-31-19-12-9-8-11-18(19)27-26(31)29-23(33)22-17(3)21-24(35-22)28-20-13-7-6-10-14-32(20)25(21)34/h8-9,11-12H,4-7,10,13-16H2,1-3H3,(H,27,29,33). The maximum absolute atomic E-state index is 13.5. The van der Waals surface area contributed by atoms with E-state index < -0.39 is 0 Å². The number of fused-ring (bicyclic) bond motifs is 3. The van der Waals surface area contributed by atoms with Gasteiger partial charge in [-0.25, -0.2) is 9.97 Å². The summed E-state index contributed by atoms with van der Waals surface area (Å²) in [5.74, 6) is 1.12. The van der Waals surface area contributed by atoms with Gasteiger partial charge < -0.3 is 9.47 Å². The molecule has 0 saturated heterocycles. The van der Waals surface area contributed by atoms with Crippen molar-refractivity contribution in [2.24, 2.45) is 0 Å². The second-order valence-electron chi connectivity index (χ2n) is 9.09. The fourth-order valence-corrected chi connectivity index (χ4v) is 6.05. The summed E-state index contributed by atoms with van der Waals surface area (Å²) in [6, 6.07) is 7.93. The van der Waals surface area contributed by atoms with Crippen molar-refractivity contribution in [3.63, 3.8) is 0 Å². The van der Waals surface area contributed by atoms with Gasteiger partial charge in [-0.3, -0.25) is 19.5 Å². The lowest BCUT2D eigenvalue weighted by atomic mass is 10.2. The number of amides is 1. The predicted molar refractivity (Wildman–Crippen MR) is 142 cm³/mol. The molecule has 5 rings (SSSR count). The molecule has 8 nitrogen and oxygen atoms in total. The van der Waals surface area contributed by atoms with Crippen LogP contribution in [0.15, 0.2) is 29.1 Å². The van der Waals surface area contributed by atoms with E-state index in [0.717, 1.165) is 68.7 Å². The molecule has 0 atom stereocenters. The number of imidazole rings is 1. The average molecular weight is 493 g/mol. The Bertz CT molecular complexity index is 1450. The zero-order chi connectivity index (χ0) is 24.5. The Hall–Kier alpha value is -3.04. The first-order chi connectivity index (χ1) is 17.0. The van der Waals surface area contributed by atoms with Crippen LogP contribution in [-0.4, -0.2) is 49.5 Å². The van der Waals surface area contributed by atoms with Crippen molar-refractivity contribution in [3.05, 3.63) is 50.9 Å². The average Bonchev–Trinajstić information content (AvgIpc) is 3.26. The summed E-state index contributed by atoms with van der Waals surface area (Å²) in [6.07, 6.45) is 3.94. The Kier molecular flexibility index (Phi) is 6.71. The topological polar surface area (TPSA) is 85.0 Å². The zero-order valence-electron chi connectivity index (χ0n) is 20.6. The molecule has 9 heteroatoms. The first kappa shape index (κ1) is 23.7. The number of benzene rings is 1. The molecule has 4 heterocycles. The van der Waals surface area contributed by atoms with Crippen LogP contribution in [0.1, 0.15) is 54.2 Å². The van der Waals surface area contributed by atoms with Crippen molar-refractivity contribution in [2.45, 2.75) is 59.5 Å². The number of carbonyl (C=O) groups excluding carboxylic acids is 1. The van der Waals surface area contributed by atoms with Crippen molar-refractivity contribution in [1.82, 2.24) is 24.0 Å². The molecule has 3 aromatic heterocycles. The number of rotatable bonds is 7. The quantitative estimate of drug-likeness (QED) is 0.412. The lowest BCUT2D eigenvalue weighted by molar-refractivity contribution is 0.102. The monoisotopic (exact) mass is 492 g/mol. The highest BCUT2D eigenvalue weighted by Gasteiger charge is 2.23. The summed E-state index contributed by atoms with van der Waals surface area (Å²) in [4.78, 5) is 39.8. The van der Waals surface area contributed by atoms with Crippen LogP contribution in [0.4, 0.5) is 5.95 Å². The molecule has 1 N–H and O–H groups in total. The summed E-state index contributed by atoms with van der Waals surface area (Å²) < 4.78 is 3.88. The summed E-state index contributed by atoms with van der Waals surface area (Å²) in [5.41, 5.74) is 2.52. The van der Waals surface area contributed by atoms with E-state index in [-0.39, 0.29) is 11.5 Å². The highest BCUT2D eigenvalue weighted by atomic mass is 32.1. The fourth-order valence-electron chi connectivity index (χ4n) is 4.96. The normalized spacial score (nSPS) is 13.9. The number of nitrogens with zero attached hydrogens (tertiary/aromatic N) is 5. The molecule has 0 bridgehead atoms. The number of para-hydroxylation sites is 2. The number of aryl methyl sites for hydroxylation is 2. The molecule has 1 aliphatic heterocycles. The molecule has 184 valence electrons. The van der Waals surface area contributed by atoms with Crippen LogP contribution in [0.5, 0.6) is 0 Å². The van der Waals surface area contributed by atoms with Crippen molar-refractivity contribution in [2.75, 3.05) is 25.0 Å². The highest BCUT2D eigenvalue weighted by Crippen LogP contribution is 2.29. The van der Waals surface area contributed by atoms with Crippen molar-refractivity contribution < 1.29 is 4.79 Å². The molecule has 1 amide bonds. The number of thiophene rings is 1. The van der Waals surface area contributed by atoms with E-state index in [1.54, 1.807) is 0 Å². The van der Waals surface area contributed by atoms with Gasteiger partial charge in [0, 0.05) is 26.1 Å². The van der Waals surface area contributed by atoms with Gasteiger partial charge in [0.2, 0.25) is 5.95 Å². The molecule has 0 spiro atoms. The summed E-state index contributed by atoms with van der Waals surface area (Å²) in [5, 5.41) is 3.62. The van der Waals surface area contributed by atoms with Gasteiger partial charge in [-0.05, 0) is 50.6 Å². The number of carbonyl (C=O) groups is 1. The van der Waals surface area contributed by atoms with E-state index in [9.17, 15) is 9.59 Å². The number of hydrogen-bond donors (Lipinski definition) is 1. The van der Waals surface area contributed by atoms with Gasteiger partial charge in [0.25, 0.3) is 11.5 Å². The Morgan fingerprint density at radius 3 is 2.74 bits per heavy atom. The van der Waals surface area contributed by atoms with Crippen molar-refractivity contribution >= 4 is 44.4 Å². The molecule has 0 unspecified atom stereocenters. The lowest BCUT2D eigenvalue weighted by Crippen LogP contribution is -2.27. The minimum absolute atomic E-state index is 0.0221. The summed E-state index contributed by atoms with van der Waals surface area (Å²) in [6.45, 7) is 10.4. The summed E-state index contributed by atoms with van der Waals surface area (Å²) in [7, 11) is 0. The third-order valence-corrected chi connectivity index (χ3v) is 8.22. The lowest BCUT2D eigenvalue weighted by Gasteiger charge is -2.19. The highest BCUT2D eigenvalue weighted by molar-refractivity contribution is 7.20. The number of anilines is 1. The number of aromatic nitrogens is 4. The first-order valence-corrected chi connectivity index (χ1v) is 13.3. The van der Waals surface area contributed by atoms with Crippen LogP contribution in [0.25, 0.3) is 21.3 Å². The second kappa shape index (κ2) is 9.91. The minimum Gasteiger partial charge on any atom is -0.309 e. The van der Waals surface area contributed by atoms with Gasteiger partial charge in [0.1, 0.15) is 10.7 Å². The van der Waals surface area contributed by atoms with Gasteiger partial charge in [-0.2, -0.15) is 0 Å². The van der Waals surface area contributed by atoms with Crippen LogP contribution in [-0.2, 0) is 19.5 Å². The SMILES string of the molecule is CCN(CC)CCn1c(NC(=O)c2sc3nc4n(c(=O)c3c2C)CCCCC4)nc2ccccc21. The molecule has 4 aromatic rings. The largest absolute Gasteiger partial charge is 0.309 e. The van der Waals surface area contributed by atoms with Gasteiger partial charge >= 0.3 is 0 Å². The molecule has 1 aromatic carbocycles. The van der Waals surface area contributed by atoms with E-state index in [4.69, 9.17) is 9.97 Å². The maximum Gasteiger partial charge on any atom is 0.268 e. The second-order valence-corrected chi connectivity index (χ2v) is 10.1. The van der Waals surface area contributed by atoms with Crippen LogP contribution >= 0.6 is 11.3 Å². The molecule has 0 aliphatic carbocycles. The predicted octanol–water partition coefficient (Wildman–Crippen LogP) is 4.44. The van der Waals surface area contributed by atoms with E-state index in [1.165, 1.54) is 11.3 Å². The van der Waals surface area contributed by atoms with Crippen LogP contribution in [0.3, 0.4) is 0 Å². The Morgan fingerprint density at radius 1 is 1.14 bits per heavy atom. The maximum atomic E-state index is 13.5. The van der Waals surface area contributed by atoms with Gasteiger partial charge in [-0.1, -0.05) is 32.4 Å². The Balaban J connectivity index is 1.50. The van der Waals surface area contributed by atoms with E-state index in [0.29, 0.717) is 33.2 Å². The Morgan fingerprint density at radius 2 is 1.94 bits per heavy atom. The van der Waals surface area contributed by atoms with Gasteiger partial charge in [0.05, 0.1) is 21.3 Å². The number of hydrogen-bond acceptors (Lipinski definition) is 6. The molecule has 0 fully saturated rings. The van der Waals surface area contributed by atoms with Crippen LogP contribution in [0.2, 0.25) is 0 Å². The minimum atomic E-state index is -0.246. The first-order valence-electron chi connectivity index (χ1n) is 12.5. The van der Waals surface area contributed by atoms with Crippen molar-refractivity contribution in [3.8, 4) is 0 Å². The third-order valence-electron chi connectivity index (χ3n) is 7.03. The van der Waals surface area contributed by atoms with E-state index in [2.05, 4.69) is 28.6 Å². The van der Waals surface area contributed by atoms with Crippen LogP contribution in [0, 0.1) is 6.92 Å². The smallest absolute Gasteiger partial charge is 0.268 e. The molecule has 0 radical (unpaired) electrons. The molecule has 1 aliphatic rings. The molecule has 35 heavy (non-hydrogen) atoms. The third kappa shape index (κ3) is 4.38. The zero-order valence-corrected chi connectivity index (χ0v) is 21.5. The van der Waals surface area contributed by atoms with E-state index in [1.807, 2.05) is 35.8 Å². The van der Waals surface area contributed by atoms with E-state index >= 15 is 0 Å².